The number of pyridine rings is 1. The molecule has 1 N–H and O–H groups in total. The Morgan fingerprint density at radius 1 is 1.36 bits per heavy atom. The number of ether oxygens (including phenoxy) is 2. The van der Waals surface area contributed by atoms with Gasteiger partial charge in [-0.2, -0.15) is 0 Å². The molecule has 2 aromatic heterocycles. The molecule has 1 aliphatic rings. The Hall–Kier alpha value is -2.58. The molecule has 1 aliphatic heterocycles. The van der Waals surface area contributed by atoms with Gasteiger partial charge in [0.2, 0.25) is 11.9 Å². The van der Waals surface area contributed by atoms with E-state index in [1.165, 1.54) is 0 Å². The van der Waals surface area contributed by atoms with E-state index in [9.17, 15) is 4.79 Å². The summed E-state index contributed by atoms with van der Waals surface area (Å²) in [6.45, 7) is 2.00. The highest BCUT2D eigenvalue weighted by Crippen LogP contribution is 2.23. The second kappa shape index (κ2) is 8.50. The van der Waals surface area contributed by atoms with Crippen molar-refractivity contribution in [2.24, 2.45) is 0 Å². The minimum Gasteiger partial charge on any atom is -0.384 e. The van der Waals surface area contributed by atoms with Crippen molar-refractivity contribution in [2.45, 2.75) is 12.5 Å². The third kappa shape index (κ3) is 4.71. The highest BCUT2D eigenvalue weighted by Gasteiger charge is 2.26. The average molecular weight is 343 g/mol. The molecule has 1 amide bonds. The van der Waals surface area contributed by atoms with Crippen molar-refractivity contribution in [3.8, 4) is 0 Å². The van der Waals surface area contributed by atoms with E-state index in [-0.39, 0.29) is 12.0 Å². The quantitative estimate of drug-likeness (QED) is 0.851. The first kappa shape index (κ1) is 17.2. The number of nitrogens with one attached hydrogen (secondary N) is 1. The van der Waals surface area contributed by atoms with E-state index in [0.717, 1.165) is 5.69 Å². The van der Waals surface area contributed by atoms with Crippen LogP contribution in [-0.2, 0) is 14.3 Å². The van der Waals surface area contributed by atoms with Gasteiger partial charge in [-0.1, -0.05) is 6.07 Å². The number of carbonyl (C=O) groups is 1. The van der Waals surface area contributed by atoms with Crippen LogP contribution in [0.2, 0.25) is 0 Å². The second-order valence-corrected chi connectivity index (χ2v) is 5.59. The van der Waals surface area contributed by atoms with Gasteiger partial charge in [0.1, 0.15) is 11.9 Å². The lowest BCUT2D eigenvalue weighted by Gasteiger charge is -2.32. The number of nitrogens with zero attached hydrogens (tertiary/aromatic N) is 4. The summed E-state index contributed by atoms with van der Waals surface area (Å²) in [4.78, 5) is 26.8. The molecular formula is C17H21N5O3. The Balaban J connectivity index is 1.66. The van der Waals surface area contributed by atoms with Gasteiger partial charge in [0, 0.05) is 26.0 Å². The number of aromatic nitrogens is 3. The zero-order valence-electron chi connectivity index (χ0n) is 14.1. The van der Waals surface area contributed by atoms with Crippen molar-refractivity contribution in [1.82, 2.24) is 19.9 Å². The van der Waals surface area contributed by atoms with Crippen LogP contribution >= 0.6 is 0 Å². The van der Waals surface area contributed by atoms with E-state index in [1.54, 1.807) is 30.5 Å². The summed E-state index contributed by atoms with van der Waals surface area (Å²) in [5.74, 6) is 1.19. The Morgan fingerprint density at radius 2 is 2.20 bits per heavy atom. The Morgan fingerprint density at radius 3 is 3.00 bits per heavy atom. The zero-order chi connectivity index (χ0) is 17.5. The molecule has 1 fully saturated rings. The summed E-state index contributed by atoms with van der Waals surface area (Å²) in [6, 6.07) is 7.37. The topological polar surface area (TPSA) is 89.5 Å². The van der Waals surface area contributed by atoms with Gasteiger partial charge in [0.05, 0.1) is 31.9 Å². The fourth-order valence-corrected chi connectivity index (χ4v) is 2.58. The molecule has 2 aromatic rings. The van der Waals surface area contributed by atoms with E-state index >= 15 is 0 Å². The van der Waals surface area contributed by atoms with Crippen LogP contribution < -0.4 is 5.32 Å². The van der Waals surface area contributed by atoms with E-state index in [0.29, 0.717) is 44.5 Å². The maximum absolute atomic E-state index is 12.2. The first-order chi connectivity index (χ1) is 12.3. The van der Waals surface area contributed by atoms with Crippen molar-refractivity contribution < 1.29 is 14.3 Å². The average Bonchev–Trinajstić information content (AvgIpc) is 2.67. The lowest BCUT2D eigenvalue weighted by molar-refractivity contribution is -0.140. The van der Waals surface area contributed by atoms with Gasteiger partial charge in [0.15, 0.2) is 0 Å². The van der Waals surface area contributed by atoms with Gasteiger partial charge in [-0.25, -0.2) is 15.0 Å². The fraction of sp³-hybridized carbons (Fsp3) is 0.412. The molecule has 0 unspecified atom stereocenters. The standard InChI is InChI=1S/C17H21N5O3/c1-24-10-6-16(23)22-9-11-25-14(12-22)13-4-2-5-15(20-13)21-17-18-7-3-8-19-17/h2-5,7-8,14H,6,9-12H2,1H3,(H,18,19,20,21)/t14-/m1/s1. The Labute approximate surface area is 146 Å². The molecule has 0 spiro atoms. The molecule has 8 heteroatoms. The number of hydrogen-bond acceptors (Lipinski definition) is 7. The van der Waals surface area contributed by atoms with E-state index in [2.05, 4.69) is 20.3 Å². The number of carbonyl (C=O) groups excluding carboxylic acids is 1. The number of methoxy groups -OCH3 is 1. The van der Waals surface area contributed by atoms with Gasteiger partial charge in [-0.15, -0.1) is 0 Å². The fourth-order valence-electron chi connectivity index (χ4n) is 2.58. The Bertz CT molecular complexity index is 698. The van der Waals surface area contributed by atoms with Crippen LogP contribution in [0.15, 0.2) is 36.7 Å². The third-order valence-electron chi connectivity index (χ3n) is 3.85. The van der Waals surface area contributed by atoms with Gasteiger partial charge in [0.25, 0.3) is 0 Å². The van der Waals surface area contributed by atoms with Crippen LogP contribution in [0.5, 0.6) is 0 Å². The molecule has 0 aromatic carbocycles. The molecule has 0 radical (unpaired) electrons. The van der Waals surface area contributed by atoms with Crippen molar-refractivity contribution in [1.29, 1.82) is 0 Å². The molecule has 0 bridgehead atoms. The summed E-state index contributed by atoms with van der Waals surface area (Å²) in [7, 11) is 1.59. The predicted molar refractivity (Wildman–Crippen MR) is 91.3 cm³/mol. The zero-order valence-corrected chi connectivity index (χ0v) is 14.1. The van der Waals surface area contributed by atoms with E-state index in [4.69, 9.17) is 9.47 Å². The number of rotatable bonds is 6. The van der Waals surface area contributed by atoms with Crippen LogP contribution in [0, 0.1) is 0 Å². The van der Waals surface area contributed by atoms with Crippen LogP contribution in [0.25, 0.3) is 0 Å². The normalized spacial score (nSPS) is 17.3. The molecular weight excluding hydrogens is 322 g/mol. The smallest absolute Gasteiger partial charge is 0.228 e. The summed E-state index contributed by atoms with van der Waals surface area (Å²) in [5.41, 5.74) is 0.769. The maximum Gasteiger partial charge on any atom is 0.228 e. The predicted octanol–water partition coefficient (Wildman–Crippen LogP) is 1.55. The van der Waals surface area contributed by atoms with Gasteiger partial charge in [-0.05, 0) is 18.2 Å². The lowest BCUT2D eigenvalue weighted by atomic mass is 10.1. The molecule has 3 rings (SSSR count). The maximum atomic E-state index is 12.2. The number of anilines is 2. The SMILES string of the molecule is COCCC(=O)N1CCO[C@@H](c2cccc(Nc3ncccn3)n2)C1. The number of hydrogen-bond donors (Lipinski definition) is 1. The largest absolute Gasteiger partial charge is 0.384 e. The summed E-state index contributed by atoms with van der Waals surface area (Å²) < 4.78 is 10.8. The van der Waals surface area contributed by atoms with Crippen molar-refractivity contribution in [3.05, 3.63) is 42.4 Å². The highest BCUT2D eigenvalue weighted by atomic mass is 16.5. The first-order valence-corrected chi connectivity index (χ1v) is 8.15. The molecule has 132 valence electrons. The molecule has 8 nitrogen and oxygen atoms in total. The first-order valence-electron chi connectivity index (χ1n) is 8.15. The van der Waals surface area contributed by atoms with Gasteiger partial charge in [-0.3, -0.25) is 4.79 Å². The van der Waals surface area contributed by atoms with Crippen LogP contribution in [-0.4, -0.2) is 59.2 Å². The monoisotopic (exact) mass is 343 g/mol. The van der Waals surface area contributed by atoms with E-state index < -0.39 is 0 Å². The minimum atomic E-state index is -0.251. The van der Waals surface area contributed by atoms with Gasteiger partial charge < -0.3 is 19.7 Å². The molecule has 25 heavy (non-hydrogen) atoms. The minimum absolute atomic E-state index is 0.0714. The molecule has 0 aliphatic carbocycles. The van der Waals surface area contributed by atoms with Gasteiger partial charge >= 0.3 is 0 Å². The Kier molecular flexibility index (Phi) is 5.86. The second-order valence-electron chi connectivity index (χ2n) is 5.59. The van der Waals surface area contributed by atoms with Crippen molar-refractivity contribution in [2.75, 3.05) is 38.7 Å². The number of morpholine rings is 1. The third-order valence-corrected chi connectivity index (χ3v) is 3.85. The molecule has 3 heterocycles. The van der Waals surface area contributed by atoms with Crippen LogP contribution in [0.1, 0.15) is 18.2 Å². The van der Waals surface area contributed by atoms with E-state index in [1.807, 2.05) is 18.2 Å². The lowest BCUT2D eigenvalue weighted by Crippen LogP contribution is -2.42. The molecule has 0 saturated carbocycles. The summed E-state index contributed by atoms with van der Waals surface area (Å²) in [5, 5.41) is 3.06. The van der Waals surface area contributed by atoms with Crippen molar-refractivity contribution in [3.63, 3.8) is 0 Å². The highest BCUT2D eigenvalue weighted by molar-refractivity contribution is 5.76. The molecule has 1 saturated heterocycles. The molecule has 1 atom stereocenters. The van der Waals surface area contributed by atoms with Crippen LogP contribution in [0.3, 0.4) is 0 Å². The van der Waals surface area contributed by atoms with Crippen molar-refractivity contribution >= 4 is 17.7 Å². The summed E-state index contributed by atoms with van der Waals surface area (Å²) >= 11 is 0. The van der Waals surface area contributed by atoms with Crippen LogP contribution in [0.4, 0.5) is 11.8 Å². The summed E-state index contributed by atoms with van der Waals surface area (Å²) in [6.07, 6.45) is 3.45. The number of amides is 1.